The molecule has 2 atom stereocenters. The molecule has 2 unspecified atom stereocenters. The quantitative estimate of drug-likeness (QED) is 0.609. The molecule has 0 N–H and O–H groups in total. The standard InChI is InChI=1S/C17H22BrClN2/c1-3-13(2)21-8-7-17(20-21)11-15(12-19)9-14-5-4-6-16(18)10-14/h4-8,10,13,15H,3,9,11-12H2,1-2H3. The highest BCUT2D eigenvalue weighted by Gasteiger charge is 2.13. The maximum Gasteiger partial charge on any atom is 0.0628 e. The molecule has 0 amide bonds. The van der Waals surface area contributed by atoms with Crippen LogP contribution in [0.15, 0.2) is 41.0 Å². The number of nitrogens with zero attached hydrogens (tertiary/aromatic N) is 2. The van der Waals surface area contributed by atoms with E-state index in [4.69, 9.17) is 11.6 Å². The Morgan fingerprint density at radius 2 is 2.10 bits per heavy atom. The van der Waals surface area contributed by atoms with Crippen molar-refractivity contribution < 1.29 is 0 Å². The Bertz CT molecular complexity index is 567. The molecule has 0 aliphatic rings. The van der Waals surface area contributed by atoms with Crippen LogP contribution in [0.1, 0.15) is 37.6 Å². The predicted molar refractivity (Wildman–Crippen MR) is 93.0 cm³/mol. The largest absolute Gasteiger partial charge is 0.270 e. The lowest BCUT2D eigenvalue weighted by Crippen LogP contribution is -2.12. The van der Waals surface area contributed by atoms with Crippen molar-refractivity contribution in [1.82, 2.24) is 9.78 Å². The number of alkyl halides is 1. The van der Waals surface area contributed by atoms with Crippen LogP contribution in [0, 0.1) is 5.92 Å². The minimum absolute atomic E-state index is 0.418. The number of benzene rings is 1. The normalized spacial score (nSPS) is 14.1. The number of aromatic nitrogens is 2. The van der Waals surface area contributed by atoms with E-state index in [1.54, 1.807) is 0 Å². The Labute approximate surface area is 140 Å². The molecule has 0 aliphatic carbocycles. The predicted octanol–water partition coefficient (Wildman–Crippen LogP) is 5.26. The van der Waals surface area contributed by atoms with Gasteiger partial charge in [-0.1, -0.05) is 35.0 Å². The first kappa shape index (κ1) is 16.6. The van der Waals surface area contributed by atoms with E-state index in [9.17, 15) is 0 Å². The first-order valence-corrected chi connectivity index (χ1v) is 8.79. The summed E-state index contributed by atoms with van der Waals surface area (Å²) < 4.78 is 3.18. The van der Waals surface area contributed by atoms with Gasteiger partial charge in [0.25, 0.3) is 0 Å². The lowest BCUT2D eigenvalue weighted by molar-refractivity contribution is 0.468. The van der Waals surface area contributed by atoms with Crippen molar-refractivity contribution in [2.45, 2.75) is 39.2 Å². The van der Waals surface area contributed by atoms with Gasteiger partial charge in [0.05, 0.1) is 5.69 Å². The van der Waals surface area contributed by atoms with Crippen LogP contribution < -0.4 is 0 Å². The highest BCUT2D eigenvalue weighted by Crippen LogP contribution is 2.19. The SMILES string of the molecule is CCC(C)n1ccc(CC(CCl)Cc2cccc(Br)c2)n1. The maximum atomic E-state index is 6.16. The van der Waals surface area contributed by atoms with Gasteiger partial charge < -0.3 is 0 Å². The fourth-order valence-corrected chi connectivity index (χ4v) is 3.06. The van der Waals surface area contributed by atoms with Crippen LogP contribution in [-0.4, -0.2) is 15.7 Å². The Morgan fingerprint density at radius 1 is 1.29 bits per heavy atom. The van der Waals surface area contributed by atoms with E-state index in [2.05, 4.69) is 70.0 Å². The summed E-state index contributed by atoms with van der Waals surface area (Å²) in [5.74, 6) is 1.07. The van der Waals surface area contributed by atoms with Crippen molar-refractivity contribution in [3.8, 4) is 0 Å². The summed E-state index contributed by atoms with van der Waals surface area (Å²) in [6.45, 7) is 4.37. The molecule has 4 heteroatoms. The summed E-state index contributed by atoms with van der Waals surface area (Å²) in [5, 5.41) is 4.68. The minimum Gasteiger partial charge on any atom is -0.270 e. The molecule has 0 saturated heterocycles. The molecule has 2 nitrogen and oxygen atoms in total. The van der Waals surface area contributed by atoms with E-state index < -0.39 is 0 Å². The molecule has 0 saturated carbocycles. The summed E-state index contributed by atoms with van der Waals surface area (Å²) in [7, 11) is 0. The van der Waals surface area contributed by atoms with Crippen LogP contribution in [0.3, 0.4) is 0 Å². The average molecular weight is 370 g/mol. The molecule has 0 fully saturated rings. The van der Waals surface area contributed by atoms with Crippen molar-refractivity contribution in [2.75, 3.05) is 5.88 Å². The molecule has 1 aromatic carbocycles. The Morgan fingerprint density at radius 3 is 2.76 bits per heavy atom. The zero-order valence-corrected chi connectivity index (χ0v) is 14.9. The van der Waals surface area contributed by atoms with Crippen molar-refractivity contribution in [3.05, 3.63) is 52.3 Å². The molecule has 2 rings (SSSR count). The Hall–Kier alpha value is -0.800. The molecule has 0 aliphatic heterocycles. The van der Waals surface area contributed by atoms with Crippen molar-refractivity contribution in [2.24, 2.45) is 5.92 Å². The highest BCUT2D eigenvalue weighted by atomic mass is 79.9. The fourth-order valence-electron chi connectivity index (χ4n) is 2.39. The van der Waals surface area contributed by atoms with E-state index in [1.807, 2.05) is 6.07 Å². The summed E-state index contributed by atoms with van der Waals surface area (Å²) in [6, 6.07) is 11.0. The zero-order valence-electron chi connectivity index (χ0n) is 12.6. The van der Waals surface area contributed by atoms with Gasteiger partial charge in [0, 0.05) is 22.6 Å². The average Bonchev–Trinajstić information content (AvgIpc) is 2.94. The van der Waals surface area contributed by atoms with Crippen molar-refractivity contribution >= 4 is 27.5 Å². The molecular weight excluding hydrogens is 348 g/mol. The van der Waals surface area contributed by atoms with E-state index in [0.717, 1.165) is 29.4 Å². The molecule has 0 spiro atoms. The fraction of sp³-hybridized carbons (Fsp3) is 0.471. The van der Waals surface area contributed by atoms with E-state index in [0.29, 0.717) is 17.8 Å². The van der Waals surface area contributed by atoms with Crippen LogP contribution in [-0.2, 0) is 12.8 Å². The second kappa shape index (κ2) is 8.00. The third-order valence-corrected chi connectivity index (χ3v) is 4.77. The minimum atomic E-state index is 0.418. The summed E-state index contributed by atoms with van der Waals surface area (Å²) in [6.07, 6.45) is 5.09. The molecular formula is C17H22BrClN2. The lowest BCUT2D eigenvalue weighted by Gasteiger charge is -2.13. The van der Waals surface area contributed by atoms with Gasteiger partial charge in [0.1, 0.15) is 0 Å². The van der Waals surface area contributed by atoms with E-state index in [1.165, 1.54) is 5.56 Å². The van der Waals surface area contributed by atoms with Gasteiger partial charge in [-0.25, -0.2) is 0 Å². The third-order valence-electron chi connectivity index (χ3n) is 3.84. The van der Waals surface area contributed by atoms with E-state index in [-0.39, 0.29) is 0 Å². The lowest BCUT2D eigenvalue weighted by atomic mass is 9.96. The van der Waals surface area contributed by atoms with Gasteiger partial charge in [-0.3, -0.25) is 4.68 Å². The molecule has 1 heterocycles. The van der Waals surface area contributed by atoms with Crippen LogP contribution in [0.5, 0.6) is 0 Å². The van der Waals surface area contributed by atoms with Gasteiger partial charge >= 0.3 is 0 Å². The summed E-state index contributed by atoms with van der Waals surface area (Å²) in [4.78, 5) is 0. The molecule has 0 radical (unpaired) electrons. The molecule has 2 aromatic rings. The van der Waals surface area contributed by atoms with Gasteiger partial charge in [-0.15, -0.1) is 11.6 Å². The maximum absolute atomic E-state index is 6.16. The van der Waals surface area contributed by atoms with Gasteiger partial charge in [0.15, 0.2) is 0 Å². The number of hydrogen-bond donors (Lipinski definition) is 0. The summed E-state index contributed by atoms with van der Waals surface area (Å²) >= 11 is 9.68. The molecule has 114 valence electrons. The highest BCUT2D eigenvalue weighted by molar-refractivity contribution is 9.10. The Kier molecular flexibility index (Phi) is 6.31. The monoisotopic (exact) mass is 368 g/mol. The Balaban J connectivity index is 2.00. The number of halogens is 2. The van der Waals surface area contributed by atoms with Crippen molar-refractivity contribution in [3.63, 3.8) is 0 Å². The van der Waals surface area contributed by atoms with Crippen LogP contribution >= 0.6 is 27.5 Å². The van der Waals surface area contributed by atoms with E-state index >= 15 is 0 Å². The van der Waals surface area contributed by atoms with Gasteiger partial charge in [-0.05, 0) is 55.9 Å². The second-order valence-electron chi connectivity index (χ2n) is 5.60. The van der Waals surface area contributed by atoms with Gasteiger partial charge in [0.2, 0.25) is 0 Å². The van der Waals surface area contributed by atoms with Crippen LogP contribution in [0.25, 0.3) is 0 Å². The number of hydrogen-bond acceptors (Lipinski definition) is 1. The summed E-state index contributed by atoms with van der Waals surface area (Å²) in [5.41, 5.74) is 2.45. The van der Waals surface area contributed by atoms with Gasteiger partial charge in [-0.2, -0.15) is 5.10 Å². The molecule has 0 bridgehead atoms. The smallest absolute Gasteiger partial charge is 0.0628 e. The third kappa shape index (κ3) is 4.86. The topological polar surface area (TPSA) is 17.8 Å². The van der Waals surface area contributed by atoms with Crippen molar-refractivity contribution in [1.29, 1.82) is 0 Å². The second-order valence-corrected chi connectivity index (χ2v) is 6.83. The molecule has 1 aromatic heterocycles. The van der Waals surface area contributed by atoms with Crippen LogP contribution in [0.4, 0.5) is 0 Å². The number of rotatable bonds is 7. The van der Waals surface area contributed by atoms with Crippen LogP contribution in [0.2, 0.25) is 0 Å². The first-order chi connectivity index (χ1) is 10.1. The first-order valence-electron chi connectivity index (χ1n) is 7.46. The molecule has 21 heavy (non-hydrogen) atoms. The zero-order chi connectivity index (χ0) is 15.2.